The van der Waals surface area contributed by atoms with Crippen LogP contribution in [-0.2, 0) is 0 Å². The van der Waals surface area contributed by atoms with Gasteiger partial charge in [0.05, 0.1) is 11.4 Å². The van der Waals surface area contributed by atoms with Crippen LogP contribution in [0.25, 0.3) is 54.2 Å². The Labute approximate surface area is 302 Å². The van der Waals surface area contributed by atoms with Gasteiger partial charge < -0.3 is 4.90 Å². The summed E-state index contributed by atoms with van der Waals surface area (Å²) in [6, 6.07) is 69.5. The van der Waals surface area contributed by atoms with Crippen molar-refractivity contribution in [2.24, 2.45) is 0 Å². The van der Waals surface area contributed by atoms with Crippen LogP contribution >= 0.6 is 0 Å². The van der Waals surface area contributed by atoms with E-state index in [0.29, 0.717) is 0 Å². The molecule has 3 nitrogen and oxygen atoms in total. The standard InChI is InChI=1S/C49H33N3/c1-4-15-38(16-5-1)51(39-17-6-2-7-18-39)45-29-25-35-24-28-44-46(30-26-36-23-27-43(45)48(35)49(36)44)52(40-19-8-3-9-20-40)47-33-37(31-32-50-47)42-22-12-14-34-13-10-11-21-41(34)42/h1-33H. The molecule has 1 heterocycles. The highest BCUT2D eigenvalue weighted by atomic mass is 15.2. The van der Waals surface area contributed by atoms with Crippen LogP contribution in [-0.4, -0.2) is 4.98 Å². The number of fused-ring (bicyclic) bond motifs is 1. The van der Waals surface area contributed by atoms with Crippen LogP contribution in [0.1, 0.15) is 0 Å². The van der Waals surface area contributed by atoms with E-state index in [1.807, 2.05) is 6.20 Å². The summed E-state index contributed by atoms with van der Waals surface area (Å²) in [5, 5.41) is 9.79. The molecule has 10 rings (SSSR count). The Morgan fingerprint density at radius 2 is 0.846 bits per heavy atom. The van der Waals surface area contributed by atoms with Crippen LogP contribution in [0.2, 0.25) is 0 Å². The molecular formula is C49H33N3. The van der Waals surface area contributed by atoms with Crippen LogP contribution in [0.15, 0.2) is 200 Å². The van der Waals surface area contributed by atoms with E-state index in [2.05, 4.69) is 204 Å². The highest BCUT2D eigenvalue weighted by Gasteiger charge is 2.22. The topological polar surface area (TPSA) is 19.4 Å². The predicted octanol–water partition coefficient (Wildman–Crippen LogP) is 13.7. The van der Waals surface area contributed by atoms with Crippen molar-refractivity contribution in [2.45, 2.75) is 0 Å². The summed E-state index contributed by atoms with van der Waals surface area (Å²) < 4.78 is 0. The summed E-state index contributed by atoms with van der Waals surface area (Å²) >= 11 is 0. The molecule has 0 bridgehead atoms. The molecule has 0 radical (unpaired) electrons. The second-order valence-electron chi connectivity index (χ2n) is 13.2. The van der Waals surface area contributed by atoms with Gasteiger partial charge in [-0.25, -0.2) is 4.98 Å². The predicted molar refractivity (Wildman–Crippen MR) is 220 cm³/mol. The van der Waals surface area contributed by atoms with Crippen LogP contribution in [0, 0.1) is 0 Å². The largest absolute Gasteiger partial charge is 0.310 e. The van der Waals surface area contributed by atoms with Gasteiger partial charge in [-0.1, -0.05) is 133 Å². The van der Waals surface area contributed by atoms with Gasteiger partial charge in [-0.05, 0) is 104 Å². The molecule has 0 amide bonds. The van der Waals surface area contributed by atoms with E-state index in [-0.39, 0.29) is 0 Å². The lowest BCUT2D eigenvalue weighted by Crippen LogP contribution is -2.12. The number of rotatable bonds is 7. The molecule has 0 fully saturated rings. The summed E-state index contributed by atoms with van der Waals surface area (Å²) in [6.45, 7) is 0. The first kappa shape index (κ1) is 29.9. The Morgan fingerprint density at radius 3 is 1.46 bits per heavy atom. The lowest BCUT2D eigenvalue weighted by Gasteiger charge is -2.29. The van der Waals surface area contributed by atoms with Gasteiger partial charge >= 0.3 is 0 Å². The van der Waals surface area contributed by atoms with E-state index in [1.165, 1.54) is 48.7 Å². The van der Waals surface area contributed by atoms with Gasteiger partial charge in [0.15, 0.2) is 0 Å². The third-order valence-electron chi connectivity index (χ3n) is 10.2. The molecule has 1 aromatic heterocycles. The van der Waals surface area contributed by atoms with Gasteiger partial charge in [-0.15, -0.1) is 0 Å². The zero-order valence-corrected chi connectivity index (χ0v) is 28.4. The van der Waals surface area contributed by atoms with Gasteiger partial charge in [0, 0.05) is 34.0 Å². The SMILES string of the molecule is c1ccc(N(c2ccccc2)c2ccc3ccc4c(N(c5ccccc5)c5cc(-c6cccc7ccccc67)ccn5)ccc5ccc2c3c54)cc1. The quantitative estimate of drug-likeness (QED) is 0.158. The molecule has 0 saturated heterocycles. The summed E-state index contributed by atoms with van der Waals surface area (Å²) in [6.07, 6.45) is 1.94. The minimum absolute atomic E-state index is 0.867. The fourth-order valence-electron chi connectivity index (χ4n) is 7.90. The molecule has 0 spiro atoms. The average Bonchev–Trinajstić information content (AvgIpc) is 3.22. The first-order valence-electron chi connectivity index (χ1n) is 17.7. The molecule has 0 unspecified atom stereocenters. The van der Waals surface area contributed by atoms with Gasteiger partial charge in [0.1, 0.15) is 5.82 Å². The fourth-order valence-corrected chi connectivity index (χ4v) is 7.90. The Kier molecular flexibility index (Phi) is 7.14. The Balaban J connectivity index is 1.20. The maximum Gasteiger partial charge on any atom is 0.138 e. The Hall–Kier alpha value is -6.97. The van der Waals surface area contributed by atoms with Gasteiger partial charge in [-0.3, -0.25) is 4.90 Å². The highest BCUT2D eigenvalue weighted by molar-refractivity contribution is 6.28. The van der Waals surface area contributed by atoms with E-state index in [4.69, 9.17) is 4.98 Å². The van der Waals surface area contributed by atoms with E-state index in [0.717, 1.165) is 39.8 Å². The molecule has 0 aliphatic carbocycles. The van der Waals surface area contributed by atoms with Crippen molar-refractivity contribution in [3.05, 3.63) is 200 Å². The molecule has 0 atom stereocenters. The van der Waals surface area contributed by atoms with Crippen molar-refractivity contribution in [1.29, 1.82) is 0 Å². The Bertz CT molecular complexity index is 2800. The second-order valence-corrected chi connectivity index (χ2v) is 13.2. The van der Waals surface area contributed by atoms with Gasteiger partial charge in [-0.2, -0.15) is 0 Å². The van der Waals surface area contributed by atoms with Crippen LogP contribution in [0.3, 0.4) is 0 Å². The number of para-hydroxylation sites is 3. The normalized spacial score (nSPS) is 11.5. The number of pyridine rings is 1. The maximum atomic E-state index is 5.03. The number of hydrogen-bond acceptors (Lipinski definition) is 3. The lowest BCUT2D eigenvalue weighted by atomic mass is 9.91. The maximum absolute atomic E-state index is 5.03. The molecular weight excluding hydrogens is 631 g/mol. The van der Waals surface area contributed by atoms with E-state index < -0.39 is 0 Å². The molecule has 3 heteroatoms. The van der Waals surface area contributed by atoms with E-state index >= 15 is 0 Å². The summed E-state index contributed by atoms with van der Waals surface area (Å²) in [5.74, 6) is 0.867. The van der Waals surface area contributed by atoms with Crippen molar-refractivity contribution < 1.29 is 0 Å². The zero-order valence-electron chi connectivity index (χ0n) is 28.4. The monoisotopic (exact) mass is 663 g/mol. The molecule has 0 aliphatic heterocycles. The number of benzene rings is 9. The molecule has 0 saturated carbocycles. The molecule has 10 aromatic rings. The molecule has 52 heavy (non-hydrogen) atoms. The number of anilines is 6. The van der Waals surface area contributed by atoms with Crippen molar-refractivity contribution in [3.8, 4) is 11.1 Å². The summed E-state index contributed by atoms with van der Waals surface area (Å²) in [7, 11) is 0. The lowest BCUT2D eigenvalue weighted by molar-refractivity contribution is 1.19. The molecule has 0 N–H and O–H groups in total. The number of nitrogens with zero attached hydrogens (tertiary/aromatic N) is 3. The van der Waals surface area contributed by atoms with E-state index in [1.54, 1.807) is 0 Å². The number of hydrogen-bond donors (Lipinski definition) is 0. The third kappa shape index (κ3) is 4.94. The van der Waals surface area contributed by atoms with Crippen LogP contribution < -0.4 is 9.80 Å². The fraction of sp³-hybridized carbons (Fsp3) is 0. The molecule has 9 aromatic carbocycles. The van der Waals surface area contributed by atoms with Gasteiger partial charge in [0.2, 0.25) is 0 Å². The second kappa shape index (κ2) is 12.4. The first-order chi connectivity index (χ1) is 25.8. The molecule has 0 aliphatic rings. The van der Waals surface area contributed by atoms with Gasteiger partial charge in [0.25, 0.3) is 0 Å². The Morgan fingerprint density at radius 1 is 0.346 bits per heavy atom. The van der Waals surface area contributed by atoms with Crippen LogP contribution in [0.4, 0.5) is 34.3 Å². The average molecular weight is 664 g/mol. The van der Waals surface area contributed by atoms with Crippen molar-refractivity contribution in [1.82, 2.24) is 4.98 Å². The first-order valence-corrected chi connectivity index (χ1v) is 17.7. The van der Waals surface area contributed by atoms with Crippen LogP contribution in [0.5, 0.6) is 0 Å². The van der Waals surface area contributed by atoms with Crippen molar-refractivity contribution in [2.75, 3.05) is 9.80 Å². The molecule has 244 valence electrons. The van der Waals surface area contributed by atoms with Crippen molar-refractivity contribution in [3.63, 3.8) is 0 Å². The third-order valence-corrected chi connectivity index (χ3v) is 10.2. The van der Waals surface area contributed by atoms with Crippen molar-refractivity contribution >= 4 is 77.3 Å². The minimum atomic E-state index is 0.867. The van der Waals surface area contributed by atoms with E-state index in [9.17, 15) is 0 Å². The smallest absolute Gasteiger partial charge is 0.138 e. The summed E-state index contributed by atoms with van der Waals surface area (Å²) in [4.78, 5) is 9.70. The summed E-state index contributed by atoms with van der Waals surface area (Å²) in [5.41, 5.74) is 7.86. The minimum Gasteiger partial charge on any atom is -0.310 e. The zero-order chi connectivity index (χ0) is 34.4. The number of aromatic nitrogens is 1. The highest BCUT2D eigenvalue weighted by Crippen LogP contribution is 2.47.